The lowest BCUT2D eigenvalue weighted by molar-refractivity contribution is 0.0961. The third-order valence-corrected chi connectivity index (χ3v) is 3.95. The molecule has 0 bridgehead atoms. The van der Waals surface area contributed by atoms with Crippen molar-refractivity contribution in [3.63, 3.8) is 0 Å². The van der Waals surface area contributed by atoms with E-state index in [1.807, 2.05) is 12.1 Å². The number of carbonyl (C=O) groups is 1. The molecule has 0 spiro atoms. The first-order valence-corrected chi connectivity index (χ1v) is 6.76. The van der Waals surface area contributed by atoms with E-state index in [2.05, 4.69) is 0 Å². The summed E-state index contributed by atoms with van der Waals surface area (Å²) in [5, 5.41) is 20.0. The number of fused-ring (bicyclic) bond motifs is 1. The van der Waals surface area contributed by atoms with Gasteiger partial charge in [-0.25, -0.2) is 0 Å². The molecule has 0 amide bonds. The van der Waals surface area contributed by atoms with Crippen molar-refractivity contribution in [1.82, 2.24) is 0 Å². The highest BCUT2D eigenvalue weighted by atomic mass is 35.5. The Morgan fingerprint density at radius 2 is 1.75 bits per heavy atom. The highest BCUT2D eigenvalue weighted by Crippen LogP contribution is 2.38. The number of rotatable bonds is 1. The number of ketones is 1. The van der Waals surface area contributed by atoms with E-state index in [0.29, 0.717) is 29.0 Å². The summed E-state index contributed by atoms with van der Waals surface area (Å²) in [6, 6.07) is 10.2. The largest absolute Gasteiger partial charge is 0.508 e. The van der Waals surface area contributed by atoms with Crippen LogP contribution < -0.4 is 0 Å². The molecule has 0 heterocycles. The van der Waals surface area contributed by atoms with Crippen LogP contribution in [0, 0.1) is 0 Å². The smallest absolute Gasteiger partial charge is 0.167 e. The summed E-state index contributed by atoms with van der Waals surface area (Å²) in [5.41, 5.74) is 2.07. The molecule has 20 heavy (non-hydrogen) atoms. The Morgan fingerprint density at radius 1 is 1.05 bits per heavy atom. The monoisotopic (exact) mass is 288 g/mol. The van der Waals surface area contributed by atoms with Gasteiger partial charge in [0.15, 0.2) is 5.78 Å². The number of hydrogen-bond donors (Lipinski definition) is 2. The molecule has 1 aliphatic carbocycles. The van der Waals surface area contributed by atoms with Crippen molar-refractivity contribution < 1.29 is 15.0 Å². The van der Waals surface area contributed by atoms with E-state index in [4.69, 9.17) is 11.6 Å². The van der Waals surface area contributed by atoms with Gasteiger partial charge in [0.05, 0.1) is 5.56 Å². The van der Waals surface area contributed by atoms with Gasteiger partial charge in [0.1, 0.15) is 11.5 Å². The van der Waals surface area contributed by atoms with E-state index in [0.717, 1.165) is 5.56 Å². The number of aromatic hydroxyl groups is 2. The highest BCUT2D eigenvalue weighted by molar-refractivity contribution is 6.30. The quantitative estimate of drug-likeness (QED) is 0.842. The minimum absolute atomic E-state index is 0.0224. The molecule has 4 heteroatoms. The highest BCUT2D eigenvalue weighted by Gasteiger charge is 2.29. The standard InChI is InChI=1S/C16H13ClO3/c17-12-3-1-9(2-4-12)10-5-11-6-13(18)8-15(20)16(11)14(19)7-10/h1-4,6,8,10,18,20H,5,7H2/t10-/m0/s1. The molecule has 0 saturated heterocycles. The zero-order valence-corrected chi connectivity index (χ0v) is 11.4. The Morgan fingerprint density at radius 3 is 2.45 bits per heavy atom. The van der Waals surface area contributed by atoms with Gasteiger partial charge in [-0.15, -0.1) is 0 Å². The normalized spacial score (nSPS) is 17.9. The summed E-state index contributed by atoms with van der Waals surface area (Å²) in [6.07, 6.45) is 0.970. The average molecular weight is 289 g/mol. The summed E-state index contributed by atoms with van der Waals surface area (Å²) >= 11 is 5.87. The zero-order valence-electron chi connectivity index (χ0n) is 10.6. The van der Waals surface area contributed by atoms with Crippen LogP contribution in [0.15, 0.2) is 36.4 Å². The van der Waals surface area contributed by atoms with Gasteiger partial charge >= 0.3 is 0 Å². The Bertz CT molecular complexity index is 677. The molecule has 0 radical (unpaired) electrons. The van der Waals surface area contributed by atoms with E-state index in [-0.39, 0.29) is 23.2 Å². The fourth-order valence-corrected chi connectivity index (χ4v) is 2.91. The van der Waals surface area contributed by atoms with E-state index < -0.39 is 0 Å². The van der Waals surface area contributed by atoms with E-state index in [1.165, 1.54) is 6.07 Å². The van der Waals surface area contributed by atoms with Crippen molar-refractivity contribution in [3.8, 4) is 11.5 Å². The third-order valence-electron chi connectivity index (χ3n) is 3.70. The zero-order chi connectivity index (χ0) is 14.3. The van der Waals surface area contributed by atoms with Crippen LogP contribution in [0.5, 0.6) is 11.5 Å². The number of carbonyl (C=O) groups excluding carboxylic acids is 1. The van der Waals surface area contributed by atoms with E-state index in [9.17, 15) is 15.0 Å². The lowest BCUT2D eigenvalue weighted by atomic mass is 9.79. The lowest BCUT2D eigenvalue weighted by Crippen LogP contribution is -2.18. The van der Waals surface area contributed by atoms with Gasteiger partial charge in [-0.1, -0.05) is 23.7 Å². The maximum Gasteiger partial charge on any atom is 0.167 e. The van der Waals surface area contributed by atoms with Crippen molar-refractivity contribution in [2.24, 2.45) is 0 Å². The predicted molar refractivity (Wildman–Crippen MR) is 76.6 cm³/mol. The maximum absolute atomic E-state index is 12.2. The molecule has 0 unspecified atom stereocenters. The van der Waals surface area contributed by atoms with Crippen molar-refractivity contribution in [3.05, 3.63) is 58.1 Å². The van der Waals surface area contributed by atoms with Crippen LogP contribution in [0.25, 0.3) is 0 Å². The first-order chi connectivity index (χ1) is 9.54. The molecule has 3 nitrogen and oxygen atoms in total. The van der Waals surface area contributed by atoms with Gasteiger partial charge in [0.25, 0.3) is 0 Å². The number of benzene rings is 2. The van der Waals surface area contributed by atoms with Crippen LogP contribution in [0.1, 0.15) is 33.8 Å². The summed E-state index contributed by atoms with van der Waals surface area (Å²) in [4.78, 5) is 12.2. The molecule has 2 aromatic carbocycles. The molecule has 102 valence electrons. The summed E-state index contributed by atoms with van der Waals surface area (Å²) in [6.45, 7) is 0. The lowest BCUT2D eigenvalue weighted by Gasteiger charge is -2.24. The van der Waals surface area contributed by atoms with Gasteiger partial charge in [-0.05, 0) is 41.7 Å². The molecule has 3 rings (SSSR count). The van der Waals surface area contributed by atoms with Crippen molar-refractivity contribution in [1.29, 1.82) is 0 Å². The molecular formula is C16H13ClO3. The first-order valence-electron chi connectivity index (χ1n) is 6.38. The minimum atomic E-state index is -0.139. The molecule has 1 atom stereocenters. The van der Waals surface area contributed by atoms with Gasteiger partial charge in [0.2, 0.25) is 0 Å². The average Bonchev–Trinajstić information content (AvgIpc) is 2.38. The molecular weight excluding hydrogens is 276 g/mol. The molecule has 0 aromatic heterocycles. The fraction of sp³-hybridized carbons (Fsp3) is 0.188. The van der Waals surface area contributed by atoms with Crippen LogP contribution in [0.3, 0.4) is 0 Å². The Labute approximate surface area is 121 Å². The molecule has 0 fully saturated rings. The van der Waals surface area contributed by atoms with Gasteiger partial charge < -0.3 is 10.2 Å². The van der Waals surface area contributed by atoms with E-state index >= 15 is 0 Å². The number of Topliss-reactive ketones (excluding diaryl/α,β-unsaturated/α-hetero) is 1. The van der Waals surface area contributed by atoms with Crippen LogP contribution in [-0.4, -0.2) is 16.0 Å². The second-order valence-electron chi connectivity index (χ2n) is 5.08. The Hall–Kier alpha value is -2.00. The Kier molecular flexibility index (Phi) is 3.14. The van der Waals surface area contributed by atoms with Crippen LogP contribution in [0.2, 0.25) is 5.02 Å². The number of phenolic OH excluding ortho intramolecular Hbond substituents is 2. The summed E-state index contributed by atoms with van der Waals surface area (Å²) in [5.74, 6) is -0.206. The van der Waals surface area contributed by atoms with Gasteiger partial charge in [-0.2, -0.15) is 0 Å². The van der Waals surface area contributed by atoms with Crippen LogP contribution in [-0.2, 0) is 6.42 Å². The Balaban J connectivity index is 2.00. The fourth-order valence-electron chi connectivity index (χ4n) is 2.79. The number of phenols is 2. The second kappa shape index (κ2) is 4.84. The number of hydrogen-bond acceptors (Lipinski definition) is 3. The second-order valence-corrected chi connectivity index (χ2v) is 5.52. The molecule has 1 aliphatic rings. The maximum atomic E-state index is 12.2. The molecule has 2 N–H and O–H groups in total. The molecule has 0 saturated carbocycles. The predicted octanol–water partition coefficient (Wildman–Crippen LogP) is 3.66. The molecule has 0 aliphatic heterocycles. The minimum Gasteiger partial charge on any atom is -0.508 e. The van der Waals surface area contributed by atoms with E-state index in [1.54, 1.807) is 18.2 Å². The van der Waals surface area contributed by atoms with Crippen LogP contribution >= 0.6 is 11.6 Å². The number of halogens is 1. The first kappa shape index (κ1) is 13.0. The molecule has 2 aromatic rings. The summed E-state index contributed by atoms with van der Waals surface area (Å²) < 4.78 is 0. The van der Waals surface area contributed by atoms with Crippen molar-refractivity contribution in [2.45, 2.75) is 18.8 Å². The summed E-state index contributed by atoms with van der Waals surface area (Å²) in [7, 11) is 0. The van der Waals surface area contributed by atoms with Crippen LogP contribution in [0.4, 0.5) is 0 Å². The van der Waals surface area contributed by atoms with Gasteiger partial charge in [0, 0.05) is 17.5 Å². The SMILES string of the molecule is O=C1C[C@@H](c2ccc(Cl)cc2)Cc2cc(O)cc(O)c21. The third kappa shape index (κ3) is 2.25. The van der Waals surface area contributed by atoms with Gasteiger partial charge in [-0.3, -0.25) is 4.79 Å². The topological polar surface area (TPSA) is 57.5 Å². The van der Waals surface area contributed by atoms with Crippen molar-refractivity contribution in [2.75, 3.05) is 0 Å². The van der Waals surface area contributed by atoms with Crippen molar-refractivity contribution >= 4 is 17.4 Å².